The van der Waals surface area contributed by atoms with E-state index in [0.717, 1.165) is 12.0 Å². The number of carbonyl (C=O) groups excluding carboxylic acids is 2. The molecule has 26 heavy (non-hydrogen) atoms. The minimum atomic E-state index is -0.365. The molecule has 1 saturated heterocycles. The number of benzene rings is 2. The maximum atomic E-state index is 12.3. The summed E-state index contributed by atoms with van der Waals surface area (Å²) in [7, 11) is 0. The van der Waals surface area contributed by atoms with Crippen LogP contribution < -0.4 is 15.5 Å². The number of ether oxygens (including phenoxy) is 1. The Hall–Kier alpha value is -3.02. The standard InChI is InChI=1S/C20H23N3O3/c1-3-15-7-9-16(10-8-15)14(2)21-19(24)22-17-5-4-6-18(13-17)23-11-12-26-20(23)25/h4-10,13-14H,3,11-12H2,1-2H3,(H2,21,22,24). The predicted octanol–water partition coefficient (Wildman–Crippen LogP) is 4.09. The number of hydrogen-bond acceptors (Lipinski definition) is 3. The van der Waals surface area contributed by atoms with Gasteiger partial charge in [-0.05, 0) is 42.7 Å². The van der Waals surface area contributed by atoms with Gasteiger partial charge in [0.1, 0.15) is 6.61 Å². The second-order valence-corrected chi connectivity index (χ2v) is 6.23. The van der Waals surface area contributed by atoms with Gasteiger partial charge in [-0.2, -0.15) is 0 Å². The van der Waals surface area contributed by atoms with Gasteiger partial charge in [0.2, 0.25) is 0 Å². The van der Waals surface area contributed by atoms with Crippen LogP contribution in [0.2, 0.25) is 0 Å². The Morgan fingerprint density at radius 2 is 2.00 bits per heavy atom. The van der Waals surface area contributed by atoms with Crippen LogP contribution in [-0.4, -0.2) is 25.3 Å². The number of nitrogens with zero attached hydrogens (tertiary/aromatic N) is 1. The van der Waals surface area contributed by atoms with Gasteiger partial charge in [0.15, 0.2) is 0 Å². The van der Waals surface area contributed by atoms with Crippen LogP contribution in [-0.2, 0) is 11.2 Å². The van der Waals surface area contributed by atoms with Crippen LogP contribution in [0.25, 0.3) is 0 Å². The summed E-state index contributed by atoms with van der Waals surface area (Å²) in [6.45, 7) is 4.95. The first kappa shape index (κ1) is 17.8. The molecule has 2 N–H and O–H groups in total. The molecular formula is C20H23N3O3. The van der Waals surface area contributed by atoms with Crippen molar-refractivity contribution >= 4 is 23.5 Å². The minimum absolute atomic E-state index is 0.113. The minimum Gasteiger partial charge on any atom is -0.447 e. The molecule has 0 bridgehead atoms. The number of hydrogen-bond donors (Lipinski definition) is 2. The van der Waals surface area contributed by atoms with Crippen molar-refractivity contribution in [2.24, 2.45) is 0 Å². The lowest BCUT2D eigenvalue weighted by atomic mass is 10.1. The zero-order chi connectivity index (χ0) is 18.5. The van der Waals surface area contributed by atoms with E-state index in [1.54, 1.807) is 23.1 Å². The summed E-state index contributed by atoms with van der Waals surface area (Å²) >= 11 is 0. The Morgan fingerprint density at radius 3 is 2.65 bits per heavy atom. The Morgan fingerprint density at radius 1 is 1.23 bits per heavy atom. The summed E-state index contributed by atoms with van der Waals surface area (Å²) in [5.74, 6) is 0. The molecule has 0 saturated carbocycles. The van der Waals surface area contributed by atoms with Gasteiger partial charge in [0.05, 0.1) is 12.6 Å². The average molecular weight is 353 g/mol. The smallest absolute Gasteiger partial charge is 0.414 e. The third-order valence-electron chi connectivity index (χ3n) is 4.41. The highest BCUT2D eigenvalue weighted by Gasteiger charge is 2.23. The van der Waals surface area contributed by atoms with Crippen molar-refractivity contribution in [2.75, 3.05) is 23.4 Å². The summed E-state index contributed by atoms with van der Waals surface area (Å²) in [5, 5.41) is 5.74. The second-order valence-electron chi connectivity index (χ2n) is 6.23. The van der Waals surface area contributed by atoms with Crippen LogP contribution in [0.3, 0.4) is 0 Å². The molecule has 3 amide bonds. The topological polar surface area (TPSA) is 70.7 Å². The van der Waals surface area contributed by atoms with Crippen LogP contribution in [0.1, 0.15) is 31.0 Å². The van der Waals surface area contributed by atoms with Crippen molar-refractivity contribution in [3.8, 4) is 0 Å². The van der Waals surface area contributed by atoms with Gasteiger partial charge in [-0.25, -0.2) is 9.59 Å². The summed E-state index contributed by atoms with van der Waals surface area (Å²) < 4.78 is 4.95. The van der Waals surface area contributed by atoms with Crippen molar-refractivity contribution in [2.45, 2.75) is 26.3 Å². The van der Waals surface area contributed by atoms with Crippen molar-refractivity contribution in [3.05, 3.63) is 59.7 Å². The molecule has 0 radical (unpaired) electrons. The Kier molecular flexibility index (Phi) is 5.41. The first-order valence-corrected chi connectivity index (χ1v) is 8.77. The van der Waals surface area contributed by atoms with E-state index >= 15 is 0 Å². The molecule has 136 valence electrons. The van der Waals surface area contributed by atoms with Crippen LogP contribution in [0.15, 0.2) is 48.5 Å². The molecular weight excluding hydrogens is 330 g/mol. The monoisotopic (exact) mass is 353 g/mol. The van der Waals surface area contributed by atoms with Crippen LogP contribution in [0, 0.1) is 0 Å². The number of aryl methyl sites for hydroxylation is 1. The number of nitrogens with one attached hydrogen (secondary N) is 2. The molecule has 1 atom stereocenters. The molecule has 0 aliphatic carbocycles. The van der Waals surface area contributed by atoms with Gasteiger partial charge >= 0.3 is 12.1 Å². The van der Waals surface area contributed by atoms with Gasteiger partial charge < -0.3 is 15.4 Å². The first-order valence-electron chi connectivity index (χ1n) is 8.77. The Bertz CT molecular complexity index is 789. The predicted molar refractivity (Wildman–Crippen MR) is 102 cm³/mol. The van der Waals surface area contributed by atoms with E-state index in [-0.39, 0.29) is 18.2 Å². The summed E-state index contributed by atoms with van der Waals surface area (Å²) in [6.07, 6.45) is 0.625. The van der Waals surface area contributed by atoms with E-state index in [1.165, 1.54) is 5.56 Å². The van der Waals surface area contributed by atoms with E-state index < -0.39 is 0 Å². The molecule has 2 aromatic rings. The number of urea groups is 1. The molecule has 6 heteroatoms. The summed E-state index contributed by atoms with van der Waals surface area (Å²) in [6, 6.07) is 15.0. The van der Waals surface area contributed by atoms with Gasteiger partial charge in [-0.15, -0.1) is 0 Å². The number of anilines is 2. The molecule has 1 unspecified atom stereocenters. The fourth-order valence-electron chi connectivity index (χ4n) is 2.87. The molecule has 0 aromatic heterocycles. The van der Waals surface area contributed by atoms with E-state index in [9.17, 15) is 9.59 Å². The Labute approximate surface area is 153 Å². The van der Waals surface area contributed by atoms with Crippen LogP contribution in [0.4, 0.5) is 21.0 Å². The largest absolute Gasteiger partial charge is 0.447 e. The number of carbonyl (C=O) groups is 2. The zero-order valence-corrected chi connectivity index (χ0v) is 15.0. The van der Waals surface area contributed by atoms with Gasteiger partial charge in [0, 0.05) is 11.4 Å². The average Bonchev–Trinajstić information content (AvgIpc) is 3.08. The molecule has 1 heterocycles. The lowest BCUT2D eigenvalue weighted by Crippen LogP contribution is -2.31. The summed E-state index contributed by atoms with van der Waals surface area (Å²) in [4.78, 5) is 25.5. The fraction of sp³-hybridized carbons (Fsp3) is 0.300. The molecule has 1 aliphatic heterocycles. The number of cyclic esters (lactones) is 1. The molecule has 1 fully saturated rings. The maximum absolute atomic E-state index is 12.3. The summed E-state index contributed by atoms with van der Waals surface area (Å²) in [5.41, 5.74) is 3.63. The maximum Gasteiger partial charge on any atom is 0.414 e. The van der Waals surface area contributed by atoms with E-state index in [1.807, 2.05) is 25.1 Å². The molecule has 0 spiro atoms. The molecule has 6 nitrogen and oxygen atoms in total. The van der Waals surface area contributed by atoms with Gasteiger partial charge in [-0.1, -0.05) is 37.3 Å². The lowest BCUT2D eigenvalue weighted by molar-refractivity contribution is 0.181. The van der Waals surface area contributed by atoms with Crippen LogP contribution in [0.5, 0.6) is 0 Å². The van der Waals surface area contributed by atoms with Gasteiger partial charge in [-0.3, -0.25) is 4.90 Å². The SMILES string of the molecule is CCc1ccc(C(C)NC(=O)Nc2cccc(N3CCOC3=O)c2)cc1. The third kappa shape index (κ3) is 4.14. The zero-order valence-electron chi connectivity index (χ0n) is 15.0. The van der Waals surface area contributed by atoms with E-state index in [4.69, 9.17) is 4.74 Å². The molecule has 3 rings (SSSR count). The Balaban J connectivity index is 1.61. The molecule has 1 aliphatic rings. The van der Waals surface area contributed by atoms with Crippen molar-refractivity contribution in [1.29, 1.82) is 0 Å². The normalized spacial score (nSPS) is 14.7. The van der Waals surface area contributed by atoms with Crippen molar-refractivity contribution in [1.82, 2.24) is 5.32 Å². The fourth-order valence-corrected chi connectivity index (χ4v) is 2.87. The highest BCUT2D eigenvalue weighted by atomic mass is 16.6. The number of amides is 3. The lowest BCUT2D eigenvalue weighted by Gasteiger charge is -2.17. The van der Waals surface area contributed by atoms with Crippen molar-refractivity contribution < 1.29 is 14.3 Å². The second kappa shape index (κ2) is 7.91. The first-order chi connectivity index (χ1) is 12.6. The molecule has 2 aromatic carbocycles. The third-order valence-corrected chi connectivity index (χ3v) is 4.41. The van der Waals surface area contributed by atoms with Crippen molar-refractivity contribution in [3.63, 3.8) is 0 Å². The quantitative estimate of drug-likeness (QED) is 0.850. The highest BCUT2D eigenvalue weighted by Crippen LogP contribution is 2.22. The van der Waals surface area contributed by atoms with Crippen LogP contribution >= 0.6 is 0 Å². The highest BCUT2D eigenvalue weighted by molar-refractivity contribution is 5.93. The van der Waals surface area contributed by atoms with Gasteiger partial charge in [0.25, 0.3) is 0 Å². The van der Waals surface area contributed by atoms with E-state index in [2.05, 4.69) is 29.7 Å². The van der Waals surface area contributed by atoms with E-state index in [0.29, 0.717) is 24.5 Å². The number of rotatable bonds is 5.